The molecular weight excluding hydrogens is 548 g/mol. The number of cyclic esters (lactones) is 1. The van der Waals surface area contributed by atoms with Gasteiger partial charge in [0.2, 0.25) is 0 Å². The molecule has 0 N–H and O–H groups in total. The van der Waals surface area contributed by atoms with Crippen LogP contribution in [0.5, 0.6) is 0 Å². The number of carbonyl (C=O) groups excluding carboxylic acids is 3. The van der Waals surface area contributed by atoms with Crippen molar-refractivity contribution in [2.24, 2.45) is 29.1 Å². The summed E-state index contributed by atoms with van der Waals surface area (Å²) in [6.07, 6.45) is 12.9. The van der Waals surface area contributed by atoms with Crippen LogP contribution in [0.4, 0.5) is 0 Å². The highest BCUT2D eigenvalue weighted by atomic mass is 79.9. The Kier molecular flexibility index (Phi) is 11.5. The molecule has 214 valence electrons. The van der Waals surface area contributed by atoms with Gasteiger partial charge >= 0.3 is 17.9 Å². The molecule has 0 amide bonds. The number of carbonyl (C=O) groups is 3. The first-order valence-electron chi connectivity index (χ1n) is 14.6. The average Bonchev–Trinajstić information content (AvgIpc) is 2.85. The monoisotopic (exact) mass is 594 g/mol. The molecular formula is C31H47BrO6. The van der Waals surface area contributed by atoms with Crippen LogP contribution in [0.1, 0.15) is 98.8 Å². The van der Waals surface area contributed by atoms with E-state index in [0.717, 1.165) is 43.9 Å². The first-order chi connectivity index (χ1) is 18.0. The summed E-state index contributed by atoms with van der Waals surface area (Å²) in [5, 5.41) is 0.935. The second-order valence-corrected chi connectivity index (χ2v) is 13.0. The molecule has 3 aliphatic rings. The van der Waals surface area contributed by atoms with Crippen LogP contribution in [-0.4, -0.2) is 41.5 Å². The van der Waals surface area contributed by atoms with Gasteiger partial charge < -0.3 is 14.2 Å². The molecule has 6 nitrogen and oxygen atoms in total. The van der Waals surface area contributed by atoms with Gasteiger partial charge in [0.25, 0.3) is 0 Å². The summed E-state index contributed by atoms with van der Waals surface area (Å²) in [5.74, 6) is 0.422. The number of alkyl halides is 1. The van der Waals surface area contributed by atoms with Crippen LogP contribution in [0.25, 0.3) is 0 Å². The number of ether oxygens (including phenoxy) is 3. The highest BCUT2D eigenvalue weighted by Gasteiger charge is 2.43. The largest absolute Gasteiger partial charge is 0.462 e. The lowest BCUT2D eigenvalue weighted by atomic mass is 9.65. The van der Waals surface area contributed by atoms with Crippen molar-refractivity contribution in [2.45, 2.75) is 117 Å². The molecule has 0 bridgehead atoms. The fourth-order valence-electron chi connectivity index (χ4n) is 5.94. The fraction of sp³-hybridized carbons (Fsp3) is 0.774. The van der Waals surface area contributed by atoms with E-state index in [-0.39, 0.29) is 48.4 Å². The quantitative estimate of drug-likeness (QED) is 0.104. The lowest BCUT2D eigenvalue weighted by Crippen LogP contribution is -2.43. The molecule has 7 atom stereocenters. The smallest absolute Gasteiger partial charge is 0.311 e. The second-order valence-electron chi connectivity index (χ2n) is 12.2. The van der Waals surface area contributed by atoms with Crippen molar-refractivity contribution >= 4 is 33.8 Å². The first kappa shape index (κ1) is 30.9. The summed E-state index contributed by atoms with van der Waals surface area (Å²) in [4.78, 5) is 37.7. The van der Waals surface area contributed by atoms with Crippen LogP contribution in [0.2, 0.25) is 0 Å². The number of esters is 3. The zero-order valence-electron chi connectivity index (χ0n) is 23.9. The number of hydrogen-bond donors (Lipinski definition) is 0. The Morgan fingerprint density at radius 3 is 2.58 bits per heavy atom. The highest BCUT2D eigenvalue weighted by molar-refractivity contribution is 9.09. The highest BCUT2D eigenvalue weighted by Crippen LogP contribution is 2.45. The molecule has 0 aromatic rings. The van der Waals surface area contributed by atoms with Crippen molar-refractivity contribution in [3.05, 3.63) is 23.8 Å². The van der Waals surface area contributed by atoms with Crippen molar-refractivity contribution in [1.82, 2.24) is 0 Å². The number of rotatable bonds is 12. The Morgan fingerprint density at radius 2 is 1.87 bits per heavy atom. The van der Waals surface area contributed by atoms with Crippen LogP contribution in [-0.2, 0) is 28.6 Å². The number of halogens is 1. The third-order valence-corrected chi connectivity index (χ3v) is 9.20. The maximum Gasteiger partial charge on any atom is 0.311 e. The zero-order valence-corrected chi connectivity index (χ0v) is 25.5. The molecule has 0 aromatic heterocycles. The van der Waals surface area contributed by atoms with Gasteiger partial charge in [-0.15, -0.1) is 0 Å². The van der Waals surface area contributed by atoms with E-state index in [0.29, 0.717) is 31.1 Å². The third kappa shape index (κ3) is 8.43. The summed E-state index contributed by atoms with van der Waals surface area (Å²) in [7, 11) is 0. The molecule has 1 heterocycles. The zero-order chi connectivity index (χ0) is 27.9. The fourth-order valence-corrected chi connectivity index (χ4v) is 6.33. The van der Waals surface area contributed by atoms with Crippen LogP contribution in [0.3, 0.4) is 0 Å². The van der Waals surface area contributed by atoms with E-state index in [1.54, 1.807) is 0 Å². The van der Waals surface area contributed by atoms with E-state index in [1.165, 1.54) is 5.57 Å². The molecule has 0 saturated carbocycles. The van der Waals surface area contributed by atoms with Crippen molar-refractivity contribution < 1.29 is 28.6 Å². The minimum absolute atomic E-state index is 0.127. The molecule has 1 fully saturated rings. The van der Waals surface area contributed by atoms with Crippen LogP contribution in [0, 0.1) is 29.1 Å². The lowest BCUT2D eigenvalue weighted by molar-refractivity contribution is -0.171. The number of fused-ring (bicyclic) bond motifs is 1. The average molecular weight is 596 g/mol. The van der Waals surface area contributed by atoms with E-state index in [9.17, 15) is 14.4 Å². The van der Waals surface area contributed by atoms with Gasteiger partial charge in [-0.1, -0.05) is 61.4 Å². The van der Waals surface area contributed by atoms with Gasteiger partial charge in [0, 0.05) is 24.1 Å². The predicted molar refractivity (Wildman–Crippen MR) is 152 cm³/mol. The number of allylic oxidation sites excluding steroid dienone is 3. The Balaban J connectivity index is 1.63. The molecule has 0 spiro atoms. The second kappa shape index (κ2) is 14.1. The summed E-state index contributed by atoms with van der Waals surface area (Å²) in [6, 6.07) is 0. The lowest BCUT2D eigenvalue weighted by Gasteiger charge is -2.44. The summed E-state index contributed by atoms with van der Waals surface area (Å²) >= 11 is 3.41. The Bertz CT molecular complexity index is 893. The maximum atomic E-state index is 13.0. The van der Waals surface area contributed by atoms with Crippen LogP contribution in [0.15, 0.2) is 23.8 Å². The normalized spacial score (nSPS) is 31.2. The van der Waals surface area contributed by atoms with Gasteiger partial charge in [-0.05, 0) is 75.7 Å². The van der Waals surface area contributed by atoms with E-state index >= 15 is 0 Å². The van der Waals surface area contributed by atoms with Crippen molar-refractivity contribution in [3.63, 3.8) is 0 Å². The molecule has 0 radical (unpaired) electrons. The van der Waals surface area contributed by atoms with Gasteiger partial charge in [-0.25, -0.2) is 0 Å². The van der Waals surface area contributed by atoms with E-state index < -0.39 is 11.5 Å². The Labute approximate surface area is 237 Å². The van der Waals surface area contributed by atoms with E-state index in [2.05, 4.69) is 48.0 Å². The standard InChI is InChI=1S/C31H47BrO6/c1-6-31(4,5)30(35)38-26-17-20(2)16-22-12-11-21(3)25(29(22)26)14-13-23-18-24(19-28(34)36-23)37-27(33)10-8-7-9-15-32/h11-12,16,20-21,23-26,29H,6-10,13-15,17-19H2,1-5H3. The minimum atomic E-state index is -0.507. The molecule has 7 unspecified atom stereocenters. The van der Waals surface area contributed by atoms with Crippen LogP contribution >= 0.6 is 15.9 Å². The van der Waals surface area contributed by atoms with Gasteiger partial charge in [-0.3, -0.25) is 14.4 Å². The Hall–Kier alpha value is -1.63. The van der Waals surface area contributed by atoms with Crippen LogP contribution < -0.4 is 0 Å². The number of unbranched alkanes of at least 4 members (excludes halogenated alkanes) is 2. The van der Waals surface area contributed by atoms with Gasteiger partial charge in [0.05, 0.1) is 11.8 Å². The summed E-state index contributed by atoms with van der Waals surface area (Å²) in [5.41, 5.74) is 0.749. The minimum Gasteiger partial charge on any atom is -0.462 e. The van der Waals surface area contributed by atoms with E-state index in [1.807, 2.05) is 20.8 Å². The molecule has 1 saturated heterocycles. The number of hydrogen-bond acceptors (Lipinski definition) is 6. The van der Waals surface area contributed by atoms with Crippen molar-refractivity contribution in [3.8, 4) is 0 Å². The molecule has 0 aromatic carbocycles. The molecule has 1 aliphatic heterocycles. The summed E-state index contributed by atoms with van der Waals surface area (Å²) in [6.45, 7) is 10.3. The molecule has 3 rings (SSSR count). The third-order valence-electron chi connectivity index (χ3n) is 8.64. The molecule has 7 heteroatoms. The SMILES string of the molecule is CCC(C)(C)C(=O)OC1CC(C)C=C2C=CC(C)C(CCC3CC(OC(=O)CCCCCBr)CC(=O)O3)C21. The topological polar surface area (TPSA) is 78.9 Å². The van der Waals surface area contributed by atoms with Crippen molar-refractivity contribution in [1.29, 1.82) is 0 Å². The van der Waals surface area contributed by atoms with Gasteiger partial charge in [0.1, 0.15) is 18.3 Å². The summed E-state index contributed by atoms with van der Waals surface area (Å²) < 4.78 is 17.6. The van der Waals surface area contributed by atoms with E-state index in [4.69, 9.17) is 14.2 Å². The van der Waals surface area contributed by atoms with Crippen molar-refractivity contribution in [2.75, 3.05) is 5.33 Å². The maximum absolute atomic E-state index is 13.0. The predicted octanol–water partition coefficient (Wildman–Crippen LogP) is 7.09. The van der Waals surface area contributed by atoms with Gasteiger partial charge in [-0.2, -0.15) is 0 Å². The molecule has 2 aliphatic carbocycles. The van der Waals surface area contributed by atoms with Gasteiger partial charge in [0.15, 0.2) is 0 Å². The molecule has 38 heavy (non-hydrogen) atoms. The first-order valence-corrected chi connectivity index (χ1v) is 15.7. The Morgan fingerprint density at radius 1 is 1.11 bits per heavy atom.